The topological polar surface area (TPSA) is 94.1 Å². The lowest BCUT2D eigenvalue weighted by atomic mass is 9.97. The van der Waals surface area contributed by atoms with Crippen molar-refractivity contribution in [1.82, 2.24) is 15.5 Å². The summed E-state index contributed by atoms with van der Waals surface area (Å²) >= 11 is 0. The molecule has 1 fully saturated rings. The van der Waals surface area contributed by atoms with Gasteiger partial charge in [0.05, 0.1) is 18.1 Å². The van der Waals surface area contributed by atoms with Gasteiger partial charge in [0.15, 0.2) is 0 Å². The molecule has 0 saturated carbocycles. The minimum atomic E-state index is -4.50. The Bertz CT molecular complexity index is 1210. The number of benzodiazepines with no additional fused rings is 1. The lowest BCUT2D eigenvalue weighted by Gasteiger charge is -2.23. The maximum Gasteiger partial charge on any atom is 0.389 e. The van der Waals surface area contributed by atoms with E-state index in [1.54, 1.807) is 19.2 Å². The molecular weight excluding hydrogens is 511 g/mol. The second kappa shape index (κ2) is 12.4. The predicted molar refractivity (Wildman–Crippen MR) is 141 cm³/mol. The van der Waals surface area contributed by atoms with Crippen molar-refractivity contribution in [1.29, 1.82) is 0 Å². The van der Waals surface area contributed by atoms with Crippen LogP contribution in [0.15, 0.2) is 59.6 Å². The summed E-state index contributed by atoms with van der Waals surface area (Å²) in [4.78, 5) is 47.2. The van der Waals surface area contributed by atoms with Gasteiger partial charge in [-0.25, -0.2) is 4.99 Å². The molecule has 4 rings (SSSR count). The smallest absolute Gasteiger partial charge is 0.343 e. The molecule has 8 nitrogen and oxygen atoms in total. The van der Waals surface area contributed by atoms with Crippen molar-refractivity contribution in [2.45, 2.75) is 44.4 Å². The van der Waals surface area contributed by atoms with Gasteiger partial charge in [-0.2, -0.15) is 13.2 Å². The largest absolute Gasteiger partial charge is 0.389 e. The van der Waals surface area contributed by atoms with E-state index in [2.05, 4.69) is 15.6 Å². The molecule has 2 aromatic carbocycles. The number of nitrogens with one attached hydrogen (secondary N) is 2. The van der Waals surface area contributed by atoms with E-state index in [4.69, 9.17) is 0 Å². The zero-order valence-electron chi connectivity index (χ0n) is 21.7. The van der Waals surface area contributed by atoms with Gasteiger partial charge in [0.1, 0.15) is 0 Å². The van der Waals surface area contributed by atoms with E-state index in [-0.39, 0.29) is 6.67 Å². The molecule has 39 heavy (non-hydrogen) atoms. The van der Waals surface area contributed by atoms with Gasteiger partial charge in [0, 0.05) is 36.9 Å². The van der Waals surface area contributed by atoms with Crippen LogP contribution in [0.25, 0.3) is 0 Å². The number of benzene rings is 2. The summed E-state index contributed by atoms with van der Waals surface area (Å²) in [5.74, 6) is -3.18. The third-order valence-electron chi connectivity index (χ3n) is 6.95. The summed E-state index contributed by atoms with van der Waals surface area (Å²) in [6.45, 7) is 1.95. The van der Waals surface area contributed by atoms with Crippen molar-refractivity contribution >= 4 is 29.1 Å². The lowest BCUT2D eigenvalue weighted by Crippen LogP contribution is -2.48. The van der Waals surface area contributed by atoms with E-state index in [0.29, 0.717) is 22.5 Å². The molecule has 2 aliphatic rings. The van der Waals surface area contributed by atoms with E-state index in [1.165, 1.54) is 4.90 Å². The molecule has 2 heterocycles. The Hall–Kier alpha value is -3.73. The number of carbonyl (C=O) groups excluding carboxylic acids is 3. The van der Waals surface area contributed by atoms with E-state index in [1.807, 2.05) is 47.4 Å². The minimum Gasteiger partial charge on any atom is -0.343 e. The van der Waals surface area contributed by atoms with Crippen LogP contribution in [0.3, 0.4) is 0 Å². The summed E-state index contributed by atoms with van der Waals surface area (Å²) in [6.07, 6.45) is -6.08. The second-order valence-electron chi connectivity index (χ2n) is 9.81. The Morgan fingerprint density at radius 2 is 1.72 bits per heavy atom. The molecule has 0 radical (unpaired) electrons. The Balaban J connectivity index is 1.56. The molecule has 1 saturated heterocycles. The molecule has 208 valence electrons. The van der Waals surface area contributed by atoms with Crippen LogP contribution in [0.4, 0.5) is 18.9 Å². The van der Waals surface area contributed by atoms with Gasteiger partial charge in [-0.15, -0.1) is 0 Å². The number of likely N-dealkylation sites (tertiary alicyclic amines) is 1. The first-order chi connectivity index (χ1) is 18.6. The number of rotatable bonds is 9. The highest BCUT2D eigenvalue weighted by atomic mass is 19.4. The molecule has 2 aromatic rings. The first-order valence-electron chi connectivity index (χ1n) is 13.0. The molecule has 11 heteroatoms. The van der Waals surface area contributed by atoms with Gasteiger partial charge in [0.25, 0.3) is 5.91 Å². The first kappa shape index (κ1) is 28.3. The van der Waals surface area contributed by atoms with Crippen molar-refractivity contribution in [3.63, 3.8) is 0 Å². The summed E-state index contributed by atoms with van der Waals surface area (Å²) in [6, 6.07) is 16.3. The van der Waals surface area contributed by atoms with Gasteiger partial charge in [-0.05, 0) is 38.4 Å². The fraction of sp³-hybridized carbons (Fsp3) is 0.429. The third-order valence-corrected chi connectivity index (χ3v) is 6.95. The maximum absolute atomic E-state index is 13.4. The predicted octanol–water partition coefficient (Wildman–Crippen LogP) is 3.46. The van der Waals surface area contributed by atoms with Crippen LogP contribution in [-0.4, -0.2) is 67.5 Å². The normalized spacial score (nSPS) is 18.7. The zero-order chi connectivity index (χ0) is 28.0. The monoisotopic (exact) mass is 543 g/mol. The highest BCUT2D eigenvalue weighted by Crippen LogP contribution is 2.28. The minimum absolute atomic E-state index is 0.279. The van der Waals surface area contributed by atoms with E-state index in [0.717, 1.165) is 25.9 Å². The maximum atomic E-state index is 13.4. The number of alkyl halides is 3. The molecule has 2 N–H and O–H groups in total. The molecule has 2 atom stereocenters. The molecule has 0 spiro atoms. The molecule has 3 amide bonds. The number of para-hydroxylation sites is 1. The number of carbonyl (C=O) groups is 3. The van der Waals surface area contributed by atoms with E-state index < -0.39 is 55.2 Å². The summed E-state index contributed by atoms with van der Waals surface area (Å²) in [5.41, 5.74) is 2.43. The van der Waals surface area contributed by atoms with Crippen LogP contribution in [0, 0.1) is 5.92 Å². The lowest BCUT2D eigenvalue weighted by molar-refractivity contribution is -0.144. The number of likely N-dealkylation sites (N-methyl/N-ethyl adjacent to an activating group) is 1. The summed E-state index contributed by atoms with van der Waals surface area (Å²) in [5, 5.41) is 5.24. The van der Waals surface area contributed by atoms with Gasteiger partial charge in [-0.1, -0.05) is 48.5 Å². The van der Waals surface area contributed by atoms with E-state index in [9.17, 15) is 27.6 Å². The Kier molecular flexibility index (Phi) is 9.01. The molecule has 0 aliphatic carbocycles. The van der Waals surface area contributed by atoms with Crippen molar-refractivity contribution in [3.8, 4) is 0 Å². The SMILES string of the molecule is CN1C(=O)[C@@H](NC(=O)[C@H](CCC(F)(F)F)CC(=O)NCN2CCCC2)N=C(c2ccccc2)c2ccccc21. The van der Waals surface area contributed by atoms with Crippen molar-refractivity contribution < 1.29 is 27.6 Å². The Morgan fingerprint density at radius 3 is 2.41 bits per heavy atom. The number of fused-ring (bicyclic) bond motifs is 1. The molecule has 0 aromatic heterocycles. The second-order valence-corrected chi connectivity index (χ2v) is 9.81. The molecular formula is C28H32F3N5O3. The van der Waals surface area contributed by atoms with Crippen LogP contribution in [0.2, 0.25) is 0 Å². The summed E-state index contributed by atoms with van der Waals surface area (Å²) < 4.78 is 39.2. The van der Waals surface area contributed by atoms with Gasteiger partial charge >= 0.3 is 6.18 Å². The van der Waals surface area contributed by atoms with Crippen LogP contribution in [0.1, 0.15) is 43.2 Å². The molecule has 2 aliphatic heterocycles. The number of halogens is 3. The van der Waals surface area contributed by atoms with Crippen LogP contribution < -0.4 is 15.5 Å². The number of anilines is 1. The number of aliphatic imine (C=N–C) groups is 1. The van der Waals surface area contributed by atoms with E-state index >= 15 is 0 Å². The third kappa shape index (κ3) is 7.44. The van der Waals surface area contributed by atoms with Crippen LogP contribution in [0.5, 0.6) is 0 Å². The van der Waals surface area contributed by atoms with Crippen molar-refractivity contribution in [2.24, 2.45) is 10.9 Å². The number of hydrogen-bond acceptors (Lipinski definition) is 5. The average molecular weight is 544 g/mol. The molecule has 0 bridgehead atoms. The van der Waals surface area contributed by atoms with Crippen molar-refractivity contribution in [2.75, 3.05) is 31.7 Å². The van der Waals surface area contributed by atoms with Gasteiger partial charge in [-0.3, -0.25) is 19.3 Å². The first-order valence-corrected chi connectivity index (χ1v) is 13.0. The zero-order valence-corrected chi connectivity index (χ0v) is 21.7. The Labute approximate surface area is 225 Å². The fourth-order valence-corrected chi connectivity index (χ4v) is 4.80. The van der Waals surface area contributed by atoms with Gasteiger partial charge in [0.2, 0.25) is 18.0 Å². The number of amides is 3. The highest BCUT2D eigenvalue weighted by Gasteiger charge is 2.35. The van der Waals surface area contributed by atoms with Crippen molar-refractivity contribution in [3.05, 3.63) is 65.7 Å². The standard InChI is InChI=1S/C28H32F3N5O3/c1-35-22-12-6-5-11-21(22)24(19-9-3-2-4-10-19)33-25(27(35)39)34-26(38)20(13-14-28(29,30)31)17-23(37)32-18-36-15-7-8-16-36/h2-6,9-12,20,25H,7-8,13-18H2,1H3,(H,32,37)(H,34,38)/t20-,25-/m1/s1. The highest BCUT2D eigenvalue weighted by molar-refractivity contribution is 6.20. The van der Waals surface area contributed by atoms with Crippen LogP contribution >= 0.6 is 0 Å². The number of nitrogens with zero attached hydrogens (tertiary/aromatic N) is 3. The quantitative estimate of drug-likeness (QED) is 0.507. The molecule has 0 unspecified atom stereocenters. The van der Waals surface area contributed by atoms with Gasteiger partial charge < -0.3 is 15.5 Å². The Morgan fingerprint density at radius 1 is 1.05 bits per heavy atom. The fourth-order valence-electron chi connectivity index (χ4n) is 4.80. The average Bonchev–Trinajstić information content (AvgIpc) is 3.42. The summed E-state index contributed by atoms with van der Waals surface area (Å²) in [7, 11) is 1.55. The van der Waals surface area contributed by atoms with Crippen LogP contribution in [-0.2, 0) is 14.4 Å². The number of hydrogen-bond donors (Lipinski definition) is 2.